The van der Waals surface area contributed by atoms with Gasteiger partial charge in [-0.2, -0.15) is 0 Å². The molecule has 2 heterocycles. The van der Waals surface area contributed by atoms with Crippen LogP contribution in [0.15, 0.2) is 24.3 Å². The van der Waals surface area contributed by atoms with Crippen molar-refractivity contribution in [3.8, 4) is 12.3 Å². The Labute approximate surface area is 313 Å². The number of cyclic esters (lactones) is 1. The van der Waals surface area contributed by atoms with E-state index in [1.165, 1.54) is 46.1 Å². The van der Waals surface area contributed by atoms with Gasteiger partial charge < -0.3 is 39.0 Å². The number of carbonyl (C=O) groups excluding carboxylic acids is 3. The summed E-state index contributed by atoms with van der Waals surface area (Å²) in [5, 5.41) is 34.6. The van der Waals surface area contributed by atoms with Crippen LogP contribution in [0, 0.1) is 41.8 Å². The van der Waals surface area contributed by atoms with Gasteiger partial charge in [0.2, 0.25) is 0 Å². The lowest BCUT2D eigenvalue weighted by Gasteiger charge is -2.48. The summed E-state index contributed by atoms with van der Waals surface area (Å²) in [7, 11) is 3.22. The van der Waals surface area contributed by atoms with E-state index in [4.69, 9.17) is 30.1 Å². The highest BCUT2D eigenvalue weighted by molar-refractivity contribution is 5.83. The molecule has 0 saturated carbocycles. The summed E-state index contributed by atoms with van der Waals surface area (Å²) in [5.74, 6) is -4.06. The van der Waals surface area contributed by atoms with Crippen molar-refractivity contribution in [2.24, 2.45) is 23.7 Å². The van der Waals surface area contributed by atoms with Crippen LogP contribution in [0.25, 0.3) is 0 Å². The number of aliphatic hydroxyl groups is 3. The van der Waals surface area contributed by atoms with Crippen LogP contribution in [0.4, 0.5) is 4.39 Å². The number of esters is 2. The summed E-state index contributed by atoms with van der Waals surface area (Å²) in [6.45, 7) is 13.1. The van der Waals surface area contributed by atoms with Crippen molar-refractivity contribution in [2.45, 2.75) is 141 Å². The predicted octanol–water partition coefficient (Wildman–Crippen LogP) is 3.45. The van der Waals surface area contributed by atoms with Crippen molar-refractivity contribution in [3.05, 3.63) is 35.6 Å². The summed E-state index contributed by atoms with van der Waals surface area (Å²) in [6, 6.07) is 5.31. The van der Waals surface area contributed by atoms with Gasteiger partial charge in [-0.15, -0.1) is 6.42 Å². The number of likely N-dealkylation sites (N-methyl/N-ethyl adjacent to an activating group) is 1. The van der Waals surface area contributed by atoms with Crippen LogP contribution < -0.4 is 0 Å². The first-order valence-corrected chi connectivity index (χ1v) is 18.5. The largest absolute Gasteiger partial charge is 0.461 e. The van der Waals surface area contributed by atoms with Crippen LogP contribution >= 0.6 is 0 Å². The number of halogens is 1. The Hall–Kier alpha value is -2.96. The van der Waals surface area contributed by atoms with Gasteiger partial charge in [0.15, 0.2) is 6.29 Å². The Morgan fingerprint density at radius 2 is 1.75 bits per heavy atom. The Morgan fingerprint density at radius 3 is 2.34 bits per heavy atom. The Balaban J connectivity index is 2.20. The molecule has 14 atom stereocenters. The van der Waals surface area contributed by atoms with E-state index in [2.05, 4.69) is 5.92 Å². The number of hydrogen-bond acceptors (Lipinski definition) is 12. The number of hydrogen-bond donors (Lipinski definition) is 3. The minimum absolute atomic E-state index is 0.0151. The summed E-state index contributed by atoms with van der Waals surface area (Å²) >= 11 is 0. The molecule has 3 rings (SSSR count). The van der Waals surface area contributed by atoms with Gasteiger partial charge in [-0.25, -0.2) is 4.39 Å². The third-order valence-electron chi connectivity index (χ3n) is 11.3. The molecule has 2 saturated heterocycles. The molecule has 2 aliphatic heterocycles. The van der Waals surface area contributed by atoms with Crippen molar-refractivity contribution in [1.29, 1.82) is 0 Å². The third kappa shape index (κ3) is 10.2. The maximum absolute atomic E-state index is 14.6. The van der Waals surface area contributed by atoms with Gasteiger partial charge >= 0.3 is 11.9 Å². The number of ketones is 1. The van der Waals surface area contributed by atoms with E-state index in [0.717, 1.165) is 0 Å². The zero-order valence-corrected chi connectivity index (χ0v) is 32.8. The number of nitrogens with zero attached hydrogens (tertiary/aromatic N) is 1. The van der Waals surface area contributed by atoms with E-state index >= 15 is 0 Å². The van der Waals surface area contributed by atoms with Gasteiger partial charge in [-0.3, -0.25) is 19.3 Å². The van der Waals surface area contributed by atoms with E-state index in [1.807, 2.05) is 11.8 Å². The quantitative estimate of drug-likeness (QED) is 0.250. The van der Waals surface area contributed by atoms with Gasteiger partial charge in [0.05, 0.1) is 42.8 Å². The molecule has 0 spiro atoms. The minimum Gasteiger partial charge on any atom is -0.461 e. The fourth-order valence-corrected chi connectivity index (χ4v) is 7.96. The first-order valence-electron chi connectivity index (χ1n) is 18.5. The lowest BCUT2D eigenvalue weighted by molar-refractivity contribution is -0.302. The highest BCUT2D eigenvalue weighted by Crippen LogP contribution is 2.40. The van der Waals surface area contributed by atoms with Crippen LogP contribution in [-0.4, -0.2) is 119 Å². The highest BCUT2D eigenvalue weighted by Gasteiger charge is 2.53. The highest BCUT2D eigenvalue weighted by atomic mass is 19.1. The maximum atomic E-state index is 14.6. The molecule has 298 valence electrons. The van der Waals surface area contributed by atoms with Crippen LogP contribution in [0.3, 0.4) is 0 Å². The maximum Gasteiger partial charge on any atom is 0.312 e. The van der Waals surface area contributed by atoms with Crippen LogP contribution in [0.5, 0.6) is 0 Å². The monoisotopic (exact) mass is 749 g/mol. The van der Waals surface area contributed by atoms with Gasteiger partial charge in [-0.1, -0.05) is 51.8 Å². The van der Waals surface area contributed by atoms with E-state index in [9.17, 15) is 34.1 Å². The van der Waals surface area contributed by atoms with E-state index in [1.54, 1.807) is 40.8 Å². The first-order chi connectivity index (χ1) is 24.7. The van der Waals surface area contributed by atoms with Crippen LogP contribution in [-0.2, 0) is 44.5 Å². The molecular weight excluding hydrogens is 689 g/mol. The fraction of sp³-hybridized carbons (Fsp3) is 0.725. The lowest BCUT2D eigenvalue weighted by Crippen LogP contribution is -2.61. The second kappa shape index (κ2) is 18.6. The molecule has 2 aliphatic rings. The number of Topliss-reactive ketones (excluding diaryl/α,β-unsaturated/α-hetero) is 1. The number of methoxy groups -OCH3 is 1. The molecule has 0 radical (unpaired) electrons. The Bertz CT molecular complexity index is 1450. The zero-order valence-electron chi connectivity index (χ0n) is 32.8. The SMILES string of the molecule is C#CCN(C)[C@H]1C[C@@H](C)O[C@@H](O[C@@H]2[C@@H](C)[C@H](OC(=O)Cc3ccccc3F)C(C)C(=O)O[C@H](CC)[C@@](C)(O)[C@H](O)[C@@H](C)C(=O)[C@H](C)C[C@@]2(C)OC)[C@@H]1O. The summed E-state index contributed by atoms with van der Waals surface area (Å²) in [4.78, 5) is 43.3. The Morgan fingerprint density at radius 1 is 1.11 bits per heavy atom. The molecule has 3 N–H and O–H groups in total. The minimum atomic E-state index is -2.03. The summed E-state index contributed by atoms with van der Waals surface area (Å²) in [5.41, 5.74) is -3.32. The van der Waals surface area contributed by atoms with Crippen molar-refractivity contribution >= 4 is 17.7 Å². The van der Waals surface area contributed by atoms with Crippen LogP contribution in [0.2, 0.25) is 0 Å². The lowest BCUT2D eigenvalue weighted by atomic mass is 9.74. The smallest absolute Gasteiger partial charge is 0.312 e. The second-order valence-electron chi connectivity index (χ2n) is 15.5. The van der Waals surface area contributed by atoms with Crippen molar-refractivity contribution < 1.29 is 57.8 Å². The number of carbonyl (C=O) groups is 3. The average molecular weight is 750 g/mol. The van der Waals surface area contributed by atoms with Gasteiger partial charge in [0, 0.05) is 30.9 Å². The fourth-order valence-electron chi connectivity index (χ4n) is 7.96. The van der Waals surface area contributed by atoms with Crippen molar-refractivity contribution in [3.63, 3.8) is 0 Å². The number of terminal acetylenes is 1. The van der Waals surface area contributed by atoms with Crippen molar-refractivity contribution in [2.75, 3.05) is 20.7 Å². The molecule has 12 nitrogen and oxygen atoms in total. The molecule has 53 heavy (non-hydrogen) atoms. The van der Waals surface area contributed by atoms with Gasteiger partial charge in [-0.05, 0) is 65.6 Å². The molecular formula is C40H60FNO11. The second-order valence-corrected chi connectivity index (χ2v) is 15.5. The molecule has 13 heteroatoms. The van der Waals surface area contributed by atoms with Gasteiger partial charge in [0.1, 0.15) is 35.5 Å². The van der Waals surface area contributed by atoms with E-state index < -0.39 is 102 Å². The molecule has 2 fully saturated rings. The summed E-state index contributed by atoms with van der Waals surface area (Å²) < 4.78 is 45.6. The molecule has 1 aromatic carbocycles. The van der Waals surface area contributed by atoms with E-state index in [0.29, 0.717) is 6.42 Å². The third-order valence-corrected chi connectivity index (χ3v) is 11.3. The molecule has 0 aliphatic carbocycles. The van der Waals surface area contributed by atoms with Crippen LogP contribution in [0.1, 0.15) is 80.2 Å². The van der Waals surface area contributed by atoms with Crippen molar-refractivity contribution in [1.82, 2.24) is 4.90 Å². The predicted molar refractivity (Wildman–Crippen MR) is 194 cm³/mol. The number of ether oxygens (including phenoxy) is 5. The molecule has 0 amide bonds. The van der Waals surface area contributed by atoms with Gasteiger partial charge in [0.25, 0.3) is 0 Å². The molecule has 1 aromatic rings. The topological polar surface area (TPSA) is 161 Å². The molecule has 0 aromatic heterocycles. The summed E-state index contributed by atoms with van der Waals surface area (Å²) in [6.07, 6.45) is -2.42. The number of benzene rings is 1. The first kappa shape index (κ1) is 44.4. The molecule has 1 unspecified atom stereocenters. The molecule has 0 bridgehead atoms. The zero-order chi connectivity index (χ0) is 40.0. The standard InChI is InChI=1S/C40H60FNO11/c1-12-18-42(10)29-19-23(4)50-38(33(29)45)53-36-25(6)34(52-31(43)20-27-16-14-15-17-28(27)41)26(7)37(47)51-30(13-2)40(9,48)35(46)24(5)32(44)22(3)21-39(36,8)49-11/h1,14-17,22-26,29-30,33-36,38,45-46,48H,13,18-21H2,2-11H3/t22-,23-,24+,25+,26?,29+,30-,33-,34+,35-,36-,38+,39-,40-/m1/s1. The normalized spacial score (nSPS) is 39.1. The average Bonchev–Trinajstić information content (AvgIpc) is 3.11. The van der Waals surface area contributed by atoms with E-state index in [-0.39, 0.29) is 36.8 Å². The number of aliphatic hydroxyl groups excluding tert-OH is 2. The number of rotatable bonds is 9. The Kier molecular flexibility index (Phi) is 15.6.